The fourth-order valence-electron chi connectivity index (χ4n) is 6.10. The van der Waals surface area contributed by atoms with E-state index in [2.05, 4.69) is 111 Å². The average Bonchev–Trinajstić information content (AvgIpc) is 3.24. The average molecular weight is 858 g/mol. The minimum atomic E-state index is -4.29. The number of unbranched alkanes of at least 4 members (excludes halogenated alkanes) is 15. The van der Waals surface area contributed by atoms with Crippen LogP contribution in [0.5, 0.6) is 0 Å². The topological polar surface area (TPSA) is 117 Å². The Kier molecular flexibility index (Phi) is 45.4. The molecule has 0 aliphatic heterocycles. The van der Waals surface area contributed by atoms with Gasteiger partial charge in [0.15, 0.2) is 0 Å². The van der Waals surface area contributed by atoms with E-state index >= 15 is 0 Å². The third-order valence-corrected chi connectivity index (χ3v) is 10.5. The molecule has 0 saturated carbocycles. The number of rotatable bonds is 44. The van der Waals surface area contributed by atoms with E-state index < -0.39 is 13.9 Å². The molecule has 9 heteroatoms. The van der Waals surface area contributed by atoms with Crippen LogP contribution in [0.3, 0.4) is 0 Å². The van der Waals surface area contributed by atoms with Crippen molar-refractivity contribution < 1.29 is 32.8 Å². The van der Waals surface area contributed by atoms with Gasteiger partial charge in [-0.05, 0) is 89.9 Å². The summed E-state index contributed by atoms with van der Waals surface area (Å²) in [5, 5.41) is 0. The van der Waals surface area contributed by atoms with E-state index in [4.69, 9.17) is 24.3 Å². The van der Waals surface area contributed by atoms with Crippen molar-refractivity contribution in [3.8, 4) is 0 Å². The van der Waals surface area contributed by atoms with Gasteiger partial charge in [0.1, 0.15) is 6.10 Å². The first-order valence-corrected chi connectivity index (χ1v) is 25.2. The molecule has 0 aromatic heterocycles. The number of phosphoric acid groups is 1. The lowest BCUT2D eigenvalue weighted by Gasteiger charge is -2.20. The van der Waals surface area contributed by atoms with Crippen LogP contribution in [-0.4, -0.2) is 49.9 Å². The zero-order valence-electron chi connectivity index (χ0n) is 38.2. The van der Waals surface area contributed by atoms with Gasteiger partial charge in [-0.25, -0.2) is 4.57 Å². The monoisotopic (exact) mass is 858 g/mol. The van der Waals surface area contributed by atoms with Crippen molar-refractivity contribution in [2.45, 2.75) is 187 Å². The summed E-state index contributed by atoms with van der Waals surface area (Å²) >= 11 is 0. The van der Waals surface area contributed by atoms with E-state index in [-0.39, 0.29) is 38.8 Å². The van der Waals surface area contributed by atoms with E-state index in [1.54, 1.807) is 0 Å². The lowest BCUT2D eigenvalue weighted by molar-refractivity contribution is -0.154. The van der Waals surface area contributed by atoms with Crippen LogP contribution >= 0.6 is 7.82 Å². The second-order valence-corrected chi connectivity index (χ2v) is 16.7. The van der Waals surface area contributed by atoms with Gasteiger partial charge < -0.3 is 20.1 Å². The van der Waals surface area contributed by atoms with Crippen molar-refractivity contribution in [2.75, 3.05) is 33.0 Å². The fourth-order valence-corrected chi connectivity index (χ4v) is 6.86. The Hall–Kier alpha value is -2.58. The Morgan fingerprint density at radius 1 is 0.500 bits per heavy atom. The standard InChI is InChI=1S/C51H88NO7P/c1-3-5-7-9-11-13-15-17-19-21-22-23-24-25-26-27-29-31-33-35-37-39-41-43-46-56-48-50(49-58-60(54,55)57-47-45-52)59-51(53)44-42-40-38-36-34-32-30-28-20-18-16-14-12-10-8-6-4-2/h5-8,11-14,17-20,22-23,30,32,50H,3-4,9-10,15-16,21,24-29,31,33-49,52H2,1-2H3,(H,54,55)/b7-5-,8-6-,13-11-,14-12-,19-17-,20-18-,23-22-,32-30-. The third kappa shape index (κ3) is 46.5. The molecule has 3 N–H and O–H groups in total. The predicted octanol–water partition coefficient (Wildman–Crippen LogP) is 14.6. The van der Waals surface area contributed by atoms with Gasteiger partial charge in [0.2, 0.25) is 0 Å². The van der Waals surface area contributed by atoms with Gasteiger partial charge in [0.25, 0.3) is 0 Å². The number of hydrogen-bond acceptors (Lipinski definition) is 7. The van der Waals surface area contributed by atoms with Crippen molar-refractivity contribution in [1.29, 1.82) is 0 Å². The number of phosphoric ester groups is 1. The van der Waals surface area contributed by atoms with Crippen LogP contribution in [0.25, 0.3) is 0 Å². The molecule has 0 saturated heterocycles. The van der Waals surface area contributed by atoms with E-state index in [1.165, 1.54) is 64.2 Å². The highest BCUT2D eigenvalue weighted by Crippen LogP contribution is 2.43. The second kappa shape index (κ2) is 47.5. The molecule has 2 atom stereocenters. The molecule has 0 bridgehead atoms. The highest BCUT2D eigenvalue weighted by atomic mass is 31.2. The molecule has 0 aliphatic rings. The number of esters is 1. The number of carbonyl (C=O) groups excluding carboxylic acids is 1. The third-order valence-electron chi connectivity index (χ3n) is 9.50. The molecule has 0 aliphatic carbocycles. The predicted molar refractivity (Wildman–Crippen MR) is 256 cm³/mol. The van der Waals surface area contributed by atoms with Crippen molar-refractivity contribution in [3.63, 3.8) is 0 Å². The van der Waals surface area contributed by atoms with Crippen molar-refractivity contribution >= 4 is 13.8 Å². The van der Waals surface area contributed by atoms with Crippen LogP contribution in [0, 0.1) is 0 Å². The molecular weight excluding hydrogens is 770 g/mol. The first-order valence-electron chi connectivity index (χ1n) is 23.7. The molecule has 0 aromatic rings. The lowest BCUT2D eigenvalue weighted by Crippen LogP contribution is -2.28. The molecule has 0 radical (unpaired) electrons. The summed E-state index contributed by atoms with van der Waals surface area (Å²) in [7, 11) is -4.29. The summed E-state index contributed by atoms with van der Waals surface area (Å²) in [6.45, 7) is 4.64. The zero-order chi connectivity index (χ0) is 43.7. The molecule has 0 spiro atoms. The van der Waals surface area contributed by atoms with E-state index in [0.717, 1.165) is 96.3 Å². The van der Waals surface area contributed by atoms with Crippen LogP contribution < -0.4 is 5.73 Å². The molecule has 0 amide bonds. The number of allylic oxidation sites excluding steroid dienone is 16. The molecule has 8 nitrogen and oxygen atoms in total. The molecule has 0 heterocycles. The van der Waals surface area contributed by atoms with Gasteiger partial charge >= 0.3 is 13.8 Å². The van der Waals surface area contributed by atoms with Gasteiger partial charge in [0, 0.05) is 19.6 Å². The van der Waals surface area contributed by atoms with Crippen molar-refractivity contribution in [1.82, 2.24) is 0 Å². The summed E-state index contributed by atoms with van der Waals surface area (Å²) < 4.78 is 33.5. The smallest absolute Gasteiger partial charge is 0.457 e. The normalized spacial score (nSPS) is 14.3. The maximum Gasteiger partial charge on any atom is 0.472 e. The van der Waals surface area contributed by atoms with Gasteiger partial charge in [-0.3, -0.25) is 13.8 Å². The maximum absolute atomic E-state index is 12.6. The van der Waals surface area contributed by atoms with E-state index in [0.29, 0.717) is 6.61 Å². The summed E-state index contributed by atoms with van der Waals surface area (Å²) in [5.74, 6) is -0.358. The van der Waals surface area contributed by atoms with Crippen LogP contribution in [0.1, 0.15) is 181 Å². The first kappa shape index (κ1) is 57.4. The molecular formula is C51H88NO7P. The molecule has 0 aromatic carbocycles. The Morgan fingerprint density at radius 3 is 1.32 bits per heavy atom. The minimum Gasteiger partial charge on any atom is -0.457 e. The molecule has 0 fully saturated rings. The second-order valence-electron chi connectivity index (χ2n) is 15.2. The summed E-state index contributed by atoms with van der Waals surface area (Å²) in [6.07, 6.45) is 62.9. The Morgan fingerprint density at radius 2 is 0.883 bits per heavy atom. The minimum absolute atomic E-state index is 0.0904. The SMILES string of the molecule is CC/C=C\C/C=C\C/C=C\C/C=C\CCCCCCCCCCCCCOCC(COP(=O)(O)OCCN)OC(=O)CCCCCC/C=C\C/C=C\C/C=C\C/C=C\CC. The highest BCUT2D eigenvalue weighted by molar-refractivity contribution is 7.47. The Balaban J connectivity index is 4.02. The largest absolute Gasteiger partial charge is 0.472 e. The fraction of sp³-hybridized carbons (Fsp3) is 0.667. The molecule has 2 unspecified atom stereocenters. The lowest BCUT2D eigenvalue weighted by atomic mass is 10.1. The van der Waals surface area contributed by atoms with Crippen LogP contribution in [0.2, 0.25) is 0 Å². The summed E-state index contributed by atoms with van der Waals surface area (Å²) in [4.78, 5) is 22.5. The maximum atomic E-state index is 12.6. The Labute approximate surface area is 368 Å². The van der Waals surface area contributed by atoms with Crippen molar-refractivity contribution in [3.05, 3.63) is 97.2 Å². The van der Waals surface area contributed by atoms with Crippen LogP contribution in [0.4, 0.5) is 0 Å². The summed E-state index contributed by atoms with van der Waals surface area (Å²) in [6, 6.07) is 0. The van der Waals surface area contributed by atoms with Crippen LogP contribution in [0.15, 0.2) is 97.2 Å². The first-order chi connectivity index (χ1) is 29.4. The van der Waals surface area contributed by atoms with Gasteiger partial charge in [-0.1, -0.05) is 182 Å². The van der Waals surface area contributed by atoms with E-state index in [1.807, 2.05) is 0 Å². The zero-order valence-corrected chi connectivity index (χ0v) is 39.1. The van der Waals surface area contributed by atoms with Crippen molar-refractivity contribution in [2.24, 2.45) is 5.73 Å². The van der Waals surface area contributed by atoms with E-state index in [9.17, 15) is 14.3 Å². The molecule has 344 valence electrons. The number of ether oxygens (including phenoxy) is 2. The number of carbonyl (C=O) groups is 1. The highest BCUT2D eigenvalue weighted by Gasteiger charge is 2.25. The van der Waals surface area contributed by atoms with Gasteiger partial charge in [-0.15, -0.1) is 0 Å². The van der Waals surface area contributed by atoms with Gasteiger partial charge in [0.05, 0.1) is 19.8 Å². The van der Waals surface area contributed by atoms with Gasteiger partial charge in [-0.2, -0.15) is 0 Å². The Bertz CT molecular complexity index is 1240. The van der Waals surface area contributed by atoms with Crippen LogP contribution in [-0.2, 0) is 27.9 Å². The molecule has 60 heavy (non-hydrogen) atoms. The quantitative estimate of drug-likeness (QED) is 0.0269. The summed E-state index contributed by atoms with van der Waals surface area (Å²) in [5.41, 5.74) is 5.38. The molecule has 0 rings (SSSR count). The number of nitrogens with two attached hydrogens (primary N) is 1. The number of hydrogen-bond donors (Lipinski definition) is 2.